The minimum absolute atomic E-state index is 0.203. The van der Waals surface area contributed by atoms with Crippen LogP contribution in [0.4, 0.5) is 5.82 Å². The second kappa shape index (κ2) is 5.18. The number of carboxylic acids is 1. The fraction of sp³-hybridized carbons (Fsp3) is 0.231. The summed E-state index contributed by atoms with van der Waals surface area (Å²) in [6.45, 7) is 4.48. The molecule has 0 aromatic carbocycles. The van der Waals surface area contributed by atoms with Crippen LogP contribution in [0.2, 0.25) is 0 Å². The molecular formula is C13H14N2O2S. The van der Waals surface area contributed by atoms with E-state index in [1.54, 1.807) is 23.5 Å². The minimum atomic E-state index is -0.965. The Morgan fingerprint density at radius 2 is 2.11 bits per heavy atom. The summed E-state index contributed by atoms with van der Waals surface area (Å²) in [4.78, 5) is 17.7. The minimum Gasteiger partial charge on any atom is -0.478 e. The zero-order valence-corrected chi connectivity index (χ0v) is 11.0. The maximum Gasteiger partial charge on any atom is 0.339 e. The van der Waals surface area contributed by atoms with Crippen LogP contribution in [0.5, 0.6) is 0 Å². The summed E-state index contributed by atoms with van der Waals surface area (Å²) in [5.41, 5.74) is 0.999. The van der Waals surface area contributed by atoms with Crippen molar-refractivity contribution in [3.05, 3.63) is 45.3 Å². The lowest BCUT2D eigenvalue weighted by molar-refractivity contribution is 0.0697. The Bertz CT molecular complexity index is 578. The average molecular weight is 262 g/mol. The number of hydrogen-bond acceptors (Lipinski definition) is 4. The van der Waals surface area contributed by atoms with Gasteiger partial charge in [0.05, 0.1) is 6.54 Å². The van der Waals surface area contributed by atoms with Gasteiger partial charge in [-0.3, -0.25) is 0 Å². The van der Waals surface area contributed by atoms with Gasteiger partial charge in [-0.2, -0.15) is 0 Å². The normalized spacial score (nSPS) is 10.3. The number of carboxylic acid groups (broad SMARTS) is 1. The van der Waals surface area contributed by atoms with Crippen molar-refractivity contribution in [1.82, 2.24) is 4.98 Å². The van der Waals surface area contributed by atoms with E-state index in [0.717, 1.165) is 10.6 Å². The summed E-state index contributed by atoms with van der Waals surface area (Å²) in [6.07, 6.45) is 0. The van der Waals surface area contributed by atoms with Crippen molar-refractivity contribution in [2.24, 2.45) is 0 Å². The van der Waals surface area contributed by atoms with Crippen LogP contribution in [0.1, 0.15) is 25.8 Å². The van der Waals surface area contributed by atoms with Crippen molar-refractivity contribution < 1.29 is 9.90 Å². The lowest BCUT2D eigenvalue weighted by atomic mass is 10.2. The fourth-order valence-electron chi connectivity index (χ4n) is 1.62. The summed E-state index contributed by atoms with van der Waals surface area (Å²) < 4.78 is 0. The maximum absolute atomic E-state index is 11.1. The number of nitrogens with zero attached hydrogens (tertiary/aromatic N) is 1. The van der Waals surface area contributed by atoms with Gasteiger partial charge in [0.1, 0.15) is 11.4 Å². The van der Waals surface area contributed by atoms with Crippen LogP contribution >= 0.6 is 11.3 Å². The predicted octanol–water partition coefficient (Wildman–Crippen LogP) is 3.07. The van der Waals surface area contributed by atoms with Gasteiger partial charge < -0.3 is 10.4 Å². The number of aryl methyl sites for hydroxylation is 2. The Kier molecular flexibility index (Phi) is 3.62. The van der Waals surface area contributed by atoms with Crippen LogP contribution in [0.15, 0.2) is 24.3 Å². The molecule has 2 aromatic rings. The highest BCUT2D eigenvalue weighted by atomic mass is 32.1. The molecule has 0 spiro atoms. The van der Waals surface area contributed by atoms with E-state index in [1.807, 2.05) is 26.0 Å². The number of aromatic nitrogens is 1. The SMILES string of the molecule is Cc1ccc(C(=O)O)c(NCc2ccc(C)s2)n1. The average Bonchev–Trinajstić information content (AvgIpc) is 2.72. The lowest BCUT2D eigenvalue weighted by Gasteiger charge is -2.08. The summed E-state index contributed by atoms with van der Waals surface area (Å²) in [7, 11) is 0. The number of anilines is 1. The Balaban J connectivity index is 2.17. The standard InChI is InChI=1S/C13H14N2O2S/c1-8-3-6-11(13(16)17)12(15-8)14-7-10-5-4-9(2)18-10/h3-6H,7H2,1-2H3,(H,14,15)(H,16,17). The highest BCUT2D eigenvalue weighted by Crippen LogP contribution is 2.18. The van der Waals surface area contributed by atoms with E-state index >= 15 is 0 Å². The van der Waals surface area contributed by atoms with Crippen molar-refractivity contribution in [1.29, 1.82) is 0 Å². The molecule has 0 bridgehead atoms. The smallest absolute Gasteiger partial charge is 0.339 e. The van der Waals surface area contributed by atoms with Gasteiger partial charge in [0.15, 0.2) is 0 Å². The number of carbonyl (C=O) groups is 1. The molecule has 4 nitrogen and oxygen atoms in total. The third kappa shape index (κ3) is 2.87. The van der Waals surface area contributed by atoms with Crippen molar-refractivity contribution >= 4 is 23.1 Å². The Hall–Kier alpha value is -1.88. The first kappa shape index (κ1) is 12.6. The van der Waals surface area contributed by atoms with E-state index in [2.05, 4.69) is 10.3 Å². The highest BCUT2D eigenvalue weighted by molar-refractivity contribution is 7.11. The highest BCUT2D eigenvalue weighted by Gasteiger charge is 2.11. The van der Waals surface area contributed by atoms with Crippen LogP contribution in [0.3, 0.4) is 0 Å². The largest absolute Gasteiger partial charge is 0.478 e. The molecule has 18 heavy (non-hydrogen) atoms. The first-order chi connectivity index (χ1) is 8.56. The molecule has 2 rings (SSSR count). The molecule has 5 heteroatoms. The maximum atomic E-state index is 11.1. The van der Waals surface area contributed by atoms with Gasteiger partial charge in [0.25, 0.3) is 0 Å². The van der Waals surface area contributed by atoms with Gasteiger partial charge >= 0.3 is 5.97 Å². The Labute approximate surface area is 109 Å². The Morgan fingerprint density at radius 3 is 2.72 bits per heavy atom. The van der Waals surface area contributed by atoms with E-state index in [1.165, 1.54) is 4.88 Å². The Morgan fingerprint density at radius 1 is 1.33 bits per heavy atom. The van der Waals surface area contributed by atoms with Gasteiger partial charge in [-0.05, 0) is 38.1 Å². The van der Waals surface area contributed by atoms with E-state index in [-0.39, 0.29) is 5.56 Å². The van der Waals surface area contributed by atoms with Crippen molar-refractivity contribution in [2.45, 2.75) is 20.4 Å². The molecule has 0 aliphatic rings. The van der Waals surface area contributed by atoms with Crippen LogP contribution in [-0.2, 0) is 6.54 Å². The first-order valence-electron chi connectivity index (χ1n) is 5.56. The van der Waals surface area contributed by atoms with Crippen LogP contribution in [0, 0.1) is 13.8 Å². The number of nitrogens with one attached hydrogen (secondary N) is 1. The molecule has 94 valence electrons. The van der Waals surface area contributed by atoms with Gasteiger partial charge in [-0.25, -0.2) is 9.78 Å². The zero-order valence-electron chi connectivity index (χ0n) is 10.2. The first-order valence-corrected chi connectivity index (χ1v) is 6.38. The topological polar surface area (TPSA) is 62.2 Å². The van der Waals surface area contributed by atoms with Crippen molar-refractivity contribution in [3.8, 4) is 0 Å². The molecule has 2 heterocycles. The number of aromatic carboxylic acids is 1. The number of rotatable bonds is 4. The van der Waals surface area contributed by atoms with E-state index in [0.29, 0.717) is 12.4 Å². The fourth-order valence-corrected chi connectivity index (χ4v) is 2.45. The number of thiophene rings is 1. The lowest BCUT2D eigenvalue weighted by Crippen LogP contribution is -2.08. The molecule has 0 radical (unpaired) electrons. The molecule has 0 atom stereocenters. The van der Waals surface area contributed by atoms with Gasteiger partial charge in [0.2, 0.25) is 0 Å². The van der Waals surface area contributed by atoms with E-state index in [4.69, 9.17) is 5.11 Å². The molecule has 0 aliphatic heterocycles. The van der Waals surface area contributed by atoms with Crippen molar-refractivity contribution in [2.75, 3.05) is 5.32 Å². The molecule has 0 aliphatic carbocycles. The van der Waals surface area contributed by atoms with Gasteiger partial charge in [-0.1, -0.05) is 0 Å². The van der Waals surface area contributed by atoms with Crippen LogP contribution in [0.25, 0.3) is 0 Å². The zero-order chi connectivity index (χ0) is 13.1. The molecule has 0 saturated carbocycles. The predicted molar refractivity (Wildman–Crippen MR) is 72.3 cm³/mol. The quantitative estimate of drug-likeness (QED) is 0.889. The van der Waals surface area contributed by atoms with Crippen molar-refractivity contribution in [3.63, 3.8) is 0 Å². The molecule has 0 amide bonds. The molecule has 2 N–H and O–H groups in total. The molecular weight excluding hydrogens is 248 g/mol. The molecule has 2 aromatic heterocycles. The second-order valence-corrected chi connectivity index (χ2v) is 5.39. The third-order valence-electron chi connectivity index (χ3n) is 2.49. The van der Waals surface area contributed by atoms with Crippen LogP contribution < -0.4 is 5.32 Å². The molecule has 0 unspecified atom stereocenters. The van der Waals surface area contributed by atoms with E-state index in [9.17, 15) is 4.79 Å². The van der Waals surface area contributed by atoms with E-state index < -0.39 is 5.97 Å². The monoisotopic (exact) mass is 262 g/mol. The second-order valence-electron chi connectivity index (χ2n) is 4.02. The third-order valence-corrected chi connectivity index (χ3v) is 3.49. The van der Waals surface area contributed by atoms with Crippen LogP contribution in [-0.4, -0.2) is 16.1 Å². The number of hydrogen-bond donors (Lipinski definition) is 2. The molecule has 0 saturated heterocycles. The summed E-state index contributed by atoms with van der Waals surface area (Å²) in [5, 5.41) is 12.2. The van der Waals surface area contributed by atoms with Gasteiger partial charge in [0, 0.05) is 15.4 Å². The number of pyridine rings is 1. The summed E-state index contributed by atoms with van der Waals surface area (Å²) in [6, 6.07) is 7.35. The summed E-state index contributed by atoms with van der Waals surface area (Å²) in [5.74, 6) is -0.541. The molecule has 0 fully saturated rings. The summed E-state index contributed by atoms with van der Waals surface area (Å²) >= 11 is 1.69. The van der Waals surface area contributed by atoms with Gasteiger partial charge in [-0.15, -0.1) is 11.3 Å².